The number of nitrogens with zero attached hydrogens (tertiary/aromatic N) is 1. The van der Waals surface area contributed by atoms with Gasteiger partial charge in [0, 0.05) is 18.5 Å². The van der Waals surface area contributed by atoms with Crippen molar-refractivity contribution >= 4 is 11.9 Å². The summed E-state index contributed by atoms with van der Waals surface area (Å²) in [7, 11) is 0. The summed E-state index contributed by atoms with van der Waals surface area (Å²) in [6.07, 6.45) is 0.345. The van der Waals surface area contributed by atoms with Crippen molar-refractivity contribution in [3.63, 3.8) is 0 Å². The topological polar surface area (TPSA) is 57.6 Å². The lowest BCUT2D eigenvalue weighted by molar-refractivity contribution is -0.142. The van der Waals surface area contributed by atoms with Gasteiger partial charge in [-0.2, -0.15) is 0 Å². The molecule has 0 saturated heterocycles. The lowest BCUT2D eigenvalue weighted by Crippen LogP contribution is -2.48. The van der Waals surface area contributed by atoms with Crippen LogP contribution in [0, 0.1) is 0 Å². The number of amides is 1. The Morgan fingerprint density at radius 2 is 1.60 bits per heavy atom. The predicted molar refractivity (Wildman–Crippen MR) is 96.6 cm³/mol. The average molecular weight is 337 g/mol. The van der Waals surface area contributed by atoms with Crippen molar-refractivity contribution in [1.82, 2.24) is 4.90 Å². The van der Waals surface area contributed by atoms with Gasteiger partial charge in [0.1, 0.15) is 6.04 Å². The van der Waals surface area contributed by atoms with Gasteiger partial charge in [0.15, 0.2) is 0 Å². The van der Waals surface area contributed by atoms with Gasteiger partial charge in [-0.15, -0.1) is 0 Å². The number of hydrogen-bond donors (Lipinski definition) is 1. The summed E-state index contributed by atoms with van der Waals surface area (Å²) < 4.78 is 0. The van der Waals surface area contributed by atoms with Crippen LogP contribution < -0.4 is 0 Å². The van der Waals surface area contributed by atoms with Gasteiger partial charge in [-0.3, -0.25) is 4.79 Å². The quantitative estimate of drug-likeness (QED) is 0.910. The van der Waals surface area contributed by atoms with E-state index < -0.39 is 12.0 Å². The van der Waals surface area contributed by atoms with Crippen molar-refractivity contribution in [3.8, 4) is 0 Å². The number of benzene rings is 2. The third kappa shape index (κ3) is 3.43. The number of hydrogen-bond acceptors (Lipinski definition) is 2. The molecule has 25 heavy (non-hydrogen) atoms. The van der Waals surface area contributed by atoms with Crippen molar-refractivity contribution in [2.75, 3.05) is 0 Å². The first-order valence-electron chi connectivity index (χ1n) is 8.48. The molecular weight excluding hydrogens is 314 g/mol. The van der Waals surface area contributed by atoms with Gasteiger partial charge in [0.2, 0.25) is 0 Å². The molecule has 0 aliphatic carbocycles. The highest BCUT2D eigenvalue weighted by Gasteiger charge is 2.34. The molecule has 1 unspecified atom stereocenters. The van der Waals surface area contributed by atoms with Crippen molar-refractivity contribution in [1.29, 1.82) is 0 Å². The lowest BCUT2D eigenvalue weighted by atomic mass is 9.86. The molecule has 0 fully saturated rings. The second kappa shape index (κ2) is 6.36. The fraction of sp³-hybridized carbons (Fsp3) is 0.333. The van der Waals surface area contributed by atoms with Gasteiger partial charge in [0.05, 0.1) is 0 Å². The molecule has 2 aromatic carbocycles. The lowest BCUT2D eigenvalue weighted by Gasteiger charge is -2.34. The third-order valence-corrected chi connectivity index (χ3v) is 4.79. The van der Waals surface area contributed by atoms with E-state index in [0.29, 0.717) is 18.5 Å². The molecule has 0 radical (unpaired) electrons. The zero-order chi connectivity index (χ0) is 18.2. The Morgan fingerprint density at radius 1 is 1.00 bits per heavy atom. The first-order valence-corrected chi connectivity index (χ1v) is 8.48. The fourth-order valence-corrected chi connectivity index (χ4v) is 3.24. The number of carbonyl (C=O) groups is 2. The molecule has 0 aromatic heterocycles. The van der Waals surface area contributed by atoms with Crippen LogP contribution in [0.1, 0.15) is 47.8 Å². The minimum Gasteiger partial charge on any atom is -0.480 e. The molecule has 1 N–H and O–H groups in total. The Labute approximate surface area is 148 Å². The van der Waals surface area contributed by atoms with Gasteiger partial charge < -0.3 is 10.0 Å². The molecule has 130 valence electrons. The van der Waals surface area contributed by atoms with E-state index in [-0.39, 0.29) is 11.3 Å². The number of carbonyl (C=O) groups excluding carboxylic acids is 1. The Hall–Kier alpha value is -2.62. The van der Waals surface area contributed by atoms with Crippen molar-refractivity contribution < 1.29 is 14.7 Å². The standard InChI is InChI=1S/C21H23NO3/c1-21(2,3)17-10-8-14(9-11-17)19(23)22-13-16-7-5-4-6-15(16)12-18(22)20(24)25/h4-11,18H,12-13H2,1-3H3,(H,24,25). The minimum absolute atomic E-state index is 0.00917. The van der Waals surface area contributed by atoms with Gasteiger partial charge >= 0.3 is 5.97 Å². The van der Waals surface area contributed by atoms with Crippen molar-refractivity contribution in [3.05, 3.63) is 70.8 Å². The molecule has 3 rings (SSSR count). The molecule has 0 spiro atoms. The smallest absolute Gasteiger partial charge is 0.326 e. The molecule has 2 aromatic rings. The number of carboxylic acids is 1. The number of rotatable bonds is 2. The van der Waals surface area contributed by atoms with Crippen LogP contribution in [-0.2, 0) is 23.2 Å². The van der Waals surface area contributed by atoms with Crippen LogP contribution in [0.3, 0.4) is 0 Å². The second-order valence-electron chi connectivity index (χ2n) is 7.59. The van der Waals surface area contributed by atoms with E-state index in [9.17, 15) is 14.7 Å². The van der Waals surface area contributed by atoms with E-state index in [1.54, 1.807) is 12.1 Å². The summed E-state index contributed by atoms with van der Waals surface area (Å²) in [4.78, 5) is 26.1. The van der Waals surface area contributed by atoms with Crippen LogP contribution >= 0.6 is 0 Å². The van der Waals surface area contributed by atoms with Crippen LogP contribution in [0.5, 0.6) is 0 Å². The Kier molecular flexibility index (Phi) is 4.38. The van der Waals surface area contributed by atoms with Crippen molar-refractivity contribution in [2.45, 2.75) is 45.2 Å². The Bertz CT molecular complexity index is 803. The summed E-state index contributed by atoms with van der Waals surface area (Å²) in [5.41, 5.74) is 3.69. The largest absolute Gasteiger partial charge is 0.480 e. The zero-order valence-electron chi connectivity index (χ0n) is 14.8. The minimum atomic E-state index is -0.964. The second-order valence-corrected chi connectivity index (χ2v) is 7.59. The van der Waals surface area contributed by atoms with Gasteiger partial charge in [-0.05, 0) is 34.2 Å². The van der Waals surface area contributed by atoms with Crippen LogP contribution in [0.25, 0.3) is 0 Å². The first-order chi connectivity index (χ1) is 11.8. The highest BCUT2D eigenvalue weighted by atomic mass is 16.4. The monoisotopic (exact) mass is 337 g/mol. The molecule has 4 nitrogen and oxygen atoms in total. The molecule has 1 amide bonds. The molecule has 4 heteroatoms. The molecule has 1 heterocycles. The fourth-order valence-electron chi connectivity index (χ4n) is 3.24. The normalized spacial score (nSPS) is 17.1. The van der Waals surface area contributed by atoms with E-state index in [1.807, 2.05) is 36.4 Å². The third-order valence-electron chi connectivity index (χ3n) is 4.79. The van der Waals surface area contributed by atoms with Crippen molar-refractivity contribution in [2.24, 2.45) is 0 Å². The molecule has 0 saturated carbocycles. The molecule has 1 aliphatic rings. The number of carboxylic acid groups (broad SMARTS) is 1. The molecular formula is C21H23NO3. The average Bonchev–Trinajstić information content (AvgIpc) is 2.59. The SMILES string of the molecule is CC(C)(C)c1ccc(C(=O)N2Cc3ccccc3CC2C(=O)O)cc1. The summed E-state index contributed by atoms with van der Waals surface area (Å²) in [5.74, 6) is -1.20. The summed E-state index contributed by atoms with van der Waals surface area (Å²) >= 11 is 0. The highest BCUT2D eigenvalue weighted by molar-refractivity contribution is 5.97. The maximum Gasteiger partial charge on any atom is 0.326 e. The number of aliphatic carboxylic acids is 1. The Morgan fingerprint density at radius 3 is 2.16 bits per heavy atom. The summed E-state index contributed by atoms with van der Waals surface area (Å²) in [6.45, 7) is 6.68. The molecule has 1 atom stereocenters. The molecule has 1 aliphatic heterocycles. The Balaban J connectivity index is 1.91. The molecule has 0 bridgehead atoms. The van der Waals surface area contributed by atoms with Crippen LogP contribution in [0.2, 0.25) is 0 Å². The summed E-state index contributed by atoms with van der Waals surface area (Å²) in [5, 5.41) is 9.59. The van der Waals surface area contributed by atoms with Crippen LogP contribution in [0.4, 0.5) is 0 Å². The van der Waals surface area contributed by atoms with Crippen LogP contribution in [-0.4, -0.2) is 27.9 Å². The van der Waals surface area contributed by atoms with E-state index in [4.69, 9.17) is 0 Å². The van der Waals surface area contributed by atoms with E-state index in [1.165, 1.54) is 4.90 Å². The van der Waals surface area contributed by atoms with Gasteiger partial charge in [0.25, 0.3) is 5.91 Å². The maximum atomic E-state index is 12.9. The van der Waals surface area contributed by atoms with Gasteiger partial charge in [-0.25, -0.2) is 4.79 Å². The highest BCUT2D eigenvalue weighted by Crippen LogP contribution is 2.27. The first kappa shape index (κ1) is 17.2. The number of fused-ring (bicyclic) bond motifs is 1. The predicted octanol–water partition coefficient (Wildman–Crippen LogP) is 3.64. The zero-order valence-corrected chi connectivity index (χ0v) is 14.8. The maximum absolute atomic E-state index is 12.9. The summed E-state index contributed by atoms with van der Waals surface area (Å²) in [6, 6.07) is 14.4. The van der Waals surface area contributed by atoms with E-state index in [2.05, 4.69) is 20.8 Å². The van der Waals surface area contributed by atoms with Crippen LogP contribution in [0.15, 0.2) is 48.5 Å². The van der Waals surface area contributed by atoms with E-state index in [0.717, 1.165) is 16.7 Å². The van der Waals surface area contributed by atoms with Gasteiger partial charge in [-0.1, -0.05) is 57.2 Å². The van der Waals surface area contributed by atoms with E-state index >= 15 is 0 Å².